The molecule has 1 aromatic carbocycles. The van der Waals surface area contributed by atoms with E-state index in [2.05, 4.69) is 31.9 Å². The van der Waals surface area contributed by atoms with Gasteiger partial charge < -0.3 is 9.47 Å². The van der Waals surface area contributed by atoms with Crippen molar-refractivity contribution in [2.45, 2.75) is 25.8 Å². The van der Waals surface area contributed by atoms with E-state index in [1.165, 1.54) is 7.11 Å². The number of carbonyl (C=O) groups is 1. The van der Waals surface area contributed by atoms with Gasteiger partial charge in [0.25, 0.3) is 0 Å². The van der Waals surface area contributed by atoms with Crippen LogP contribution in [0.2, 0.25) is 5.02 Å². The normalized spacial score (nSPS) is 15.4. The molecule has 28 heavy (non-hydrogen) atoms. The van der Waals surface area contributed by atoms with E-state index < -0.39 is 0 Å². The lowest BCUT2D eigenvalue weighted by atomic mass is 9.93. The SMILES string of the molecule is COC(=O)CC1CCN(Cc2ccc(-c3cccc(Br)c3Cl)nc2OC)CC1. The van der Waals surface area contributed by atoms with E-state index in [-0.39, 0.29) is 5.97 Å². The Morgan fingerprint density at radius 2 is 2.00 bits per heavy atom. The van der Waals surface area contributed by atoms with Gasteiger partial charge in [-0.25, -0.2) is 4.98 Å². The van der Waals surface area contributed by atoms with Crippen molar-refractivity contribution in [2.24, 2.45) is 5.92 Å². The summed E-state index contributed by atoms with van der Waals surface area (Å²) in [5.74, 6) is 0.904. The lowest BCUT2D eigenvalue weighted by Crippen LogP contribution is -2.34. The van der Waals surface area contributed by atoms with Crippen molar-refractivity contribution in [3.05, 3.63) is 45.4 Å². The van der Waals surface area contributed by atoms with Crippen molar-refractivity contribution in [1.29, 1.82) is 0 Å². The van der Waals surface area contributed by atoms with E-state index in [4.69, 9.17) is 21.1 Å². The Labute approximate surface area is 179 Å². The minimum atomic E-state index is -0.119. The smallest absolute Gasteiger partial charge is 0.305 e. The molecule has 1 saturated heterocycles. The van der Waals surface area contributed by atoms with Crippen LogP contribution in [0.4, 0.5) is 0 Å². The van der Waals surface area contributed by atoms with E-state index in [1.54, 1.807) is 7.11 Å². The molecule has 2 heterocycles. The molecule has 1 fully saturated rings. The Kier molecular flexibility index (Phi) is 7.32. The summed E-state index contributed by atoms with van der Waals surface area (Å²) in [6.07, 6.45) is 2.50. The van der Waals surface area contributed by atoms with Gasteiger partial charge in [0.15, 0.2) is 0 Å². The van der Waals surface area contributed by atoms with Gasteiger partial charge in [-0.1, -0.05) is 29.8 Å². The summed E-state index contributed by atoms with van der Waals surface area (Å²) < 4.78 is 11.2. The zero-order chi connectivity index (χ0) is 20.1. The quantitative estimate of drug-likeness (QED) is 0.563. The number of likely N-dealkylation sites (tertiary alicyclic amines) is 1. The summed E-state index contributed by atoms with van der Waals surface area (Å²) in [5, 5.41) is 0.637. The largest absolute Gasteiger partial charge is 0.481 e. The predicted molar refractivity (Wildman–Crippen MR) is 114 cm³/mol. The third kappa shape index (κ3) is 5.04. The minimum Gasteiger partial charge on any atom is -0.481 e. The van der Waals surface area contributed by atoms with E-state index in [0.29, 0.717) is 23.2 Å². The number of esters is 1. The average molecular weight is 468 g/mol. The van der Waals surface area contributed by atoms with Gasteiger partial charge in [-0.2, -0.15) is 0 Å². The molecule has 0 aliphatic carbocycles. The van der Waals surface area contributed by atoms with Gasteiger partial charge in [0.2, 0.25) is 5.88 Å². The Hall–Kier alpha value is -1.63. The molecule has 0 amide bonds. The highest BCUT2D eigenvalue weighted by Crippen LogP contribution is 2.34. The fraction of sp³-hybridized carbons (Fsp3) is 0.429. The maximum absolute atomic E-state index is 11.5. The van der Waals surface area contributed by atoms with Crippen LogP contribution in [0, 0.1) is 5.92 Å². The van der Waals surface area contributed by atoms with E-state index >= 15 is 0 Å². The Morgan fingerprint density at radius 3 is 2.68 bits per heavy atom. The molecule has 0 saturated carbocycles. The minimum absolute atomic E-state index is 0.119. The molecule has 2 aromatic rings. The fourth-order valence-electron chi connectivity index (χ4n) is 3.53. The molecular weight excluding hydrogens is 444 g/mol. The van der Waals surface area contributed by atoms with Crippen molar-refractivity contribution in [2.75, 3.05) is 27.3 Å². The van der Waals surface area contributed by atoms with Crippen LogP contribution in [-0.2, 0) is 16.1 Å². The van der Waals surface area contributed by atoms with Gasteiger partial charge in [-0.05, 0) is 59.9 Å². The molecule has 0 atom stereocenters. The molecule has 1 aliphatic rings. The lowest BCUT2D eigenvalue weighted by Gasteiger charge is -2.31. The number of nitrogens with zero attached hydrogens (tertiary/aromatic N) is 2. The van der Waals surface area contributed by atoms with Gasteiger partial charge in [-0.15, -0.1) is 0 Å². The van der Waals surface area contributed by atoms with Crippen LogP contribution in [0.25, 0.3) is 11.3 Å². The number of halogens is 2. The fourth-order valence-corrected chi connectivity index (χ4v) is 4.12. The van der Waals surface area contributed by atoms with Gasteiger partial charge in [0, 0.05) is 28.6 Å². The molecular formula is C21H24BrClN2O3. The maximum atomic E-state index is 11.5. The summed E-state index contributed by atoms with van der Waals surface area (Å²) in [6.45, 7) is 2.67. The summed E-state index contributed by atoms with van der Waals surface area (Å²) in [5.41, 5.74) is 2.69. The number of ether oxygens (including phenoxy) is 2. The molecule has 5 nitrogen and oxygen atoms in total. The summed E-state index contributed by atoms with van der Waals surface area (Å²) in [6, 6.07) is 9.82. The number of rotatable bonds is 6. The number of carbonyl (C=O) groups excluding carboxylic acids is 1. The molecule has 0 bridgehead atoms. The molecule has 0 spiro atoms. The lowest BCUT2D eigenvalue weighted by molar-refractivity contribution is -0.142. The van der Waals surface area contributed by atoms with Crippen molar-refractivity contribution in [1.82, 2.24) is 9.88 Å². The van der Waals surface area contributed by atoms with E-state index in [9.17, 15) is 4.79 Å². The van der Waals surface area contributed by atoms with Crippen LogP contribution >= 0.6 is 27.5 Å². The number of pyridine rings is 1. The molecule has 0 radical (unpaired) electrons. The first-order valence-corrected chi connectivity index (χ1v) is 10.5. The van der Waals surface area contributed by atoms with Gasteiger partial charge in [0.05, 0.1) is 24.9 Å². The second-order valence-electron chi connectivity index (χ2n) is 6.97. The first kappa shape index (κ1) is 21.1. The molecule has 150 valence electrons. The summed E-state index contributed by atoms with van der Waals surface area (Å²) in [7, 11) is 3.09. The van der Waals surface area contributed by atoms with Gasteiger partial charge in [0.1, 0.15) is 0 Å². The number of aromatic nitrogens is 1. The average Bonchev–Trinajstić information content (AvgIpc) is 2.71. The van der Waals surface area contributed by atoms with Crippen LogP contribution in [0.1, 0.15) is 24.8 Å². The number of hydrogen-bond donors (Lipinski definition) is 0. The van der Waals surface area contributed by atoms with Crippen LogP contribution in [-0.4, -0.2) is 43.2 Å². The van der Waals surface area contributed by atoms with Crippen molar-refractivity contribution in [3.63, 3.8) is 0 Å². The van der Waals surface area contributed by atoms with Crippen LogP contribution in [0.5, 0.6) is 5.88 Å². The molecule has 1 aliphatic heterocycles. The zero-order valence-electron chi connectivity index (χ0n) is 16.1. The third-order valence-corrected chi connectivity index (χ3v) is 6.44. The first-order valence-electron chi connectivity index (χ1n) is 9.29. The van der Waals surface area contributed by atoms with Gasteiger partial charge in [-0.3, -0.25) is 9.69 Å². The zero-order valence-corrected chi connectivity index (χ0v) is 18.4. The number of benzene rings is 1. The molecule has 1 aromatic heterocycles. The molecule has 7 heteroatoms. The Balaban J connectivity index is 1.69. The Bertz CT molecular complexity index is 838. The van der Waals surface area contributed by atoms with Crippen molar-refractivity contribution < 1.29 is 14.3 Å². The first-order chi connectivity index (χ1) is 13.5. The number of methoxy groups -OCH3 is 2. The van der Waals surface area contributed by atoms with Crippen LogP contribution < -0.4 is 4.74 Å². The van der Waals surface area contributed by atoms with Crippen LogP contribution in [0.15, 0.2) is 34.8 Å². The summed E-state index contributed by atoms with van der Waals surface area (Å²) in [4.78, 5) is 18.5. The number of hydrogen-bond acceptors (Lipinski definition) is 5. The Morgan fingerprint density at radius 1 is 1.25 bits per heavy atom. The number of piperidine rings is 1. The highest BCUT2D eigenvalue weighted by atomic mass is 79.9. The van der Waals surface area contributed by atoms with Crippen LogP contribution in [0.3, 0.4) is 0 Å². The van der Waals surface area contributed by atoms with Crippen molar-refractivity contribution in [3.8, 4) is 17.1 Å². The van der Waals surface area contributed by atoms with E-state index in [0.717, 1.165) is 53.8 Å². The highest BCUT2D eigenvalue weighted by molar-refractivity contribution is 9.10. The monoisotopic (exact) mass is 466 g/mol. The summed E-state index contributed by atoms with van der Waals surface area (Å²) >= 11 is 9.87. The maximum Gasteiger partial charge on any atom is 0.305 e. The van der Waals surface area contributed by atoms with Crippen molar-refractivity contribution >= 4 is 33.5 Å². The topological polar surface area (TPSA) is 51.7 Å². The second kappa shape index (κ2) is 9.72. The molecule has 3 rings (SSSR count). The molecule has 0 unspecified atom stereocenters. The third-order valence-electron chi connectivity index (χ3n) is 5.14. The van der Waals surface area contributed by atoms with Gasteiger partial charge >= 0.3 is 5.97 Å². The van der Waals surface area contributed by atoms with E-state index in [1.807, 2.05) is 24.3 Å². The molecule has 0 N–H and O–H groups in total. The second-order valence-corrected chi connectivity index (χ2v) is 8.20. The standard InChI is InChI=1S/C21H24BrClN2O3/c1-27-19(26)12-14-8-10-25(11-9-14)13-15-6-7-18(24-21(15)28-2)16-4-3-5-17(22)20(16)23/h3-7,14H,8-13H2,1-2H3. The predicted octanol–water partition coefficient (Wildman–Crippen LogP) is 4.95. The highest BCUT2D eigenvalue weighted by Gasteiger charge is 2.23.